The van der Waals surface area contributed by atoms with Crippen molar-refractivity contribution in [2.24, 2.45) is 0 Å². The van der Waals surface area contributed by atoms with Crippen molar-refractivity contribution in [2.45, 2.75) is 31.7 Å². The highest BCUT2D eigenvalue weighted by Crippen LogP contribution is 2.24. The highest BCUT2D eigenvalue weighted by atomic mass is 16.6. The number of ether oxygens (including phenoxy) is 3. The second-order valence-electron chi connectivity index (χ2n) is 6.25. The zero-order chi connectivity index (χ0) is 18.5. The number of piperidine rings is 1. The second kappa shape index (κ2) is 8.18. The van der Waals surface area contributed by atoms with E-state index in [1.807, 2.05) is 30.3 Å². The minimum absolute atomic E-state index is 0.126. The highest BCUT2D eigenvalue weighted by Gasteiger charge is 2.43. The number of amides is 2. The molecule has 26 heavy (non-hydrogen) atoms. The minimum Gasteiger partial charge on any atom is -0.466 e. The van der Waals surface area contributed by atoms with Crippen LogP contribution in [-0.2, 0) is 30.4 Å². The molecule has 8 heteroatoms. The summed E-state index contributed by atoms with van der Waals surface area (Å²) in [4.78, 5) is 39.1. The summed E-state index contributed by atoms with van der Waals surface area (Å²) in [6.45, 7) is 1.01. The van der Waals surface area contributed by atoms with E-state index in [0.717, 1.165) is 5.56 Å². The Labute approximate surface area is 151 Å². The Bertz CT molecular complexity index is 657. The van der Waals surface area contributed by atoms with Crippen LogP contribution in [0, 0.1) is 0 Å². The molecule has 0 bridgehead atoms. The van der Waals surface area contributed by atoms with Gasteiger partial charge in [-0.15, -0.1) is 0 Å². The zero-order valence-corrected chi connectivity index (χ0v) is 14.6. The number of carbonyl (C=O) groups is 3. The molecular formula is C18H22N2O6. The molecule has 2 amide bonds. The van der Waals surface area contributed by atoms with E-state index in [-0.39, 0.29) is 31.3 Å². The van der Waals surface area contributed by atoms with Gasteiger partial charge in [0.15, 0.2) is 0 Å². The Morgan fingerprint density at radius 2 is 1.88 bits per heavy atom. The van der Waals surface area contributed by atoms with Crippen LogP contribution in [0.15, 0.2) is 30.3 Å². The number of esters is 1. The first kappa shape index (κ1) is 18.2. The van der Waals surface area contributed by atoms with Crippen LogP contribution in [0.4, 0.5) is 4.79 Å². The summed E-state index contributed by atoms with van der Waals surface area (Å²) in [6, 6.07) is 9.31. The van der Waals surface area contributed by atoms with Crippen LogP contribution in [0.25, 0.3) is 0 Å². The molecule has 0 unspecified atom stereocenters. The van der Waals surface area contributed by atoms with E-state index < -0.39 is 12.2 Å². The number of carbonyl (C=O) groups excluding carboxylic acids is 3. The maximum Gasteiger partial charge on any atom is 0.410 e. The van der Waals surface area contributed by atoms with Gasteiger partial charge in [-0.05, 0) is 18.4 Å². The van der Waals surface area contributed by atoms with Gasteiger partial charge < -0.3 is 24.0 Å². The minimum atomic E-state index is -0.992. The molecular weight excluding hydrogens is 340 g/mol. The van der Waals surface area contributed by atoms with Crippen LogP contribution in [0.1, 0.15) is 18.4 Å². The van der Waals surface area contributed by atoms with E-state index in [1.165, 1.54) is 12.0 Å². The molecule has 0 aliphatic carbocycles. The first-order chi connectivity index (χ1) is 12.6. The molecule has 2 aliphatic rings. The number of nitrogens with zero attached hydrogens (tertiary/aromatic N) is 2. The molecule has 1 aromatic rings. The summed E-state index contributed by atoms with van der Waals surface area (Å²) < 4.78 is 15.3. The topological polar surface area (TPSA) is 85.4 Å². The first-order valence-electron chi connectivity index (χ1n) is 8.56. The molecule has 1 atom stereocenters. The van der Waals surface area contributed by atoms with Gasteiger partial charge in [0.2, 0.25) is 6.23 Å². The van der Waals surface area contributed by atoms with Crippen molar-refractivity contribution in [2.75, 3.05) is 26.8 Å². The summed E-state index contributed by atoms with van der Waals surface area (Å²) >= 11 is 0. The molecule has 140 valence electrons. The lowest BCUT2D eigenvalue weighted by molar-refractivity contribution is -0.162. The molecule has 0 aromatic heterocycles. The molecule has 0 saturated carbocycles. The molecule has 0 spiro atoms. The monoisotopic (exact) mass is 362 g/mol. The van der Waals surface area contributed by atoms with Crippen LogP contribution >= 0.6 is 0 Å². The van der Waals surface area contributed by atoms with Crippen molar-refractivity contribution in [3.63, 3.8) is 0 Å². The van der Waals surface area contributed by atoms with Gasteiger partial charge in [0.1, 0.15) is 13.2 Å². The third-order valence-electron chi connectivity index (χ3n) is 4.63. The van der Waals surface area contributed by atoms with Gasteiger partial charge in [-0.3, -0.25) is 4.79 Å². The third-order valence-corrected chi connectivity index (χ3v) is 4.63. The van der Waals surface area contributed by atoms with Gasteiger partial charge in [0, 0.05) is 19.1 Å². The van der Waals surface area contributed by atoms with Crippen molar-refractivity contribution in [3.8, 4) is 0 Å². The third kappa shape index (κ3) is 3.96. The predicted octanol–water partition coefficient (Wildman–Crippen LogP) is 1.15. The summed E-state index contributed by atoms with van der Waals surface area (Å²) in [5.41, 5.74) is 0.927. The molecule has 2 aliphatic heterocycles. The Morgan fingerprint density at radius 3 is 2.54 bits per heavy atom. The number of hydrogen-bond acceptors (Lipinski definition) is 6. The fraction of sp³-hybridized carbons (Fsp3) is 0.500. The van der Waals surface area contributed by atoms with E-state index in [9.17, 15) is 14.4 Å². The number of methoxy groups -OCH3 is 1. The van der Waals surface area contributed by atoms with Crippen molar-refractivity contribution >= 4 is 18.0 Å². The van der Waals surface area contributed by atoms with E-state index in [1.54, 1.807) is 4.90 Å². The largest absolute Gasteiger partial charge is 0.466 e. The maximum atomic E-state index is 12.2. The normalized spacial score (nSPS) is 21.0. The van der Waals surface area contributed by atoms with Crippen LogP contribution in [0.5, 0.6) is 0 Å². The highest BCUT2D eigenvalue weighted by molar-refractivity contribution is 5.87. The zero-order valence-electron chi connectivity index (χ0n) is 14.6. The molecule has 8 nitrogen and oxygen atoms in total. The van der Waals surface area contributed by atoms with Gasteiger partial charge in [-0.25, -0.2) is 9.59 Å². The van der Waals surface area contributed by atoms with E-state index in [2.05, 4.69) is 0 Å². The van der Waals surface area contributed by atoms with Crippen molar-refractivity contribution in [1.29, 1.82) is 0 Å². The molecule has 2 heterocycles. The van der Waals surface area contributed by atoms with Gasteiger partial charge in [0.05, 0.1) is 7.11 Å². The average Bonchev–Trinajstić information content (AvgIpc) is 3.08. The maximum absolute atomic E-state index is 12.2. The standard InChI is InChI=1S/C18H22N2O6/c1-24-17(22)16-20(15(21)12-25-16)14-7-9-19(10-8-14)18(23)26-11-13-5-3-2-4-6-13/h2-6,14,16H,7-12H2,1H3/t16-/m0/s1. The number of hydrogen-bond donors (Lipinski definition) is 0. The molecule has 3 rings (SSSR count). The van der Waals surface area contributed by atoms with E-state index in [4.69, 9.17) is 14.2 Å². The molecule has 1 aromatic carbocycles. The Kier molecular flexibility index (Phi) is 5.72. The molecule has 2 fully saturated rings. The quantitative estimate of drug-likeness (QED) is 0.747. The predicted molar refractivity (Wildman–Crippen MR) is 89.8 cm³/mol. The number of rotatable bonds is 4. The SMILES string of the molecule is COC(=O)[C@@H]1OCC(=O)N1C1CCN(C(=O)OCc2ccccc2)CC1. The Morgan fingerprint density at radius 1 is 1.19 bits per heavy atom. The van der Waals surface area contributed by atoms with Gasteiger partial charge in [-0.2, -0.15) is 0 Å². The number of benzene rings is 1. The van der Waals surface area contributed by atoms with Crippen LogP contribution in [0.2, 0.25) is 0 Å². The number of likely N-dealkylation sites (tertiary alicyclic amines) is 1. The summed E-state index contributed by atoms with van der Waals surface area (Å²) in [5.74, 6) is -0.814. The Balaban J connectivity index is 1.51. The van der Waals surface area contributed by atoms with Gasteiger partial charge >= 0.3 is 12.1 Å². The van der Waals surface area contributed by atoms with E-state index >= 15 is 0 Å². The van der Waals surface area contributed by atoms with Crippen LogP contribution in [-0.4, -0.2) is 66.8 Å². The molecule has 0 N–H and O–H groups in total. The lowest BCUT2D eigenvalue weighted by Crippen LogP contribution is -2.52. The molecule has 0 radical (unpaired) electrons. The van der Waals surface area contributed by atoms with Crippen molar-refractivity contribution in [3.05, 3.63) is 35.9 Å². The summed E-state index contributed by atoms with van der Waals surface area (Å²) in [6.07, 6.45) is -0.249. The fourth-order valence-corrected chi connectivity index (χ4v) is 3.25. The average molecular weight is 362 g/mol. The van der Waals surface area contributed by atoms with Gasteiger partial charge in [-0.1, -0.05) is 30.3 Å². The Hall–Kier alpha value is -2.61. The van der Waals surface area contributed by atoms with Crippen molar-refractivity contribution < 1.29 is 28.6 Å². The lowest BCUT2D eigenvalue weighted by atomic mass is 10.0. The van der Waals surface area contributed by atoms with E-state index in [0.29, 0.717) is 25.9 Å². The van der Waals surface area contributed by atoms with Crippen LogP contribution in [0.3, 0.4) is 0 Å². The van der Waals surface area contributed by atoms with Crippen LogP contribution < -0.4 is 0 Å². The second-order valence-corrected chi connectivity index (χ2v) is 6.25. The lowest BCUT2D eigenvalue weighted by Gasteiger charge is -2.37. The van der Waals surface area contributed by atoms with Crippen molar-refractivity contribution in [1.82, 2.24) is 9.80 Å². The fourth-order valence-electron chi connectivity index (χ4n) is 3.25. The molecule has 2 saturated heterocycles. The summed E-state index contributed by atoms with van der Waals surface area (Å²) in [5, 5.41) is 0. The first-order valence-corrected chi connectivity index (χ1v) is 8.56. The van der Waals surface area contributed by atoms with Gasteiger partial charge in [0.25, 0.3) is 5.91 Å². The smallest absolute Gasteiger partial charge is 0.410 e. The summed E-state index contributed by atoms with van der Waals surface area (Å²) in [7, 11) is 1.26.